The highest BCUT2D eigenvalue weighted by molar-refractivity contribution is 7.99. The molecule has 0 fully saturated rings. The van der Waals surface area contributed by atoms with Crippen LogP contribution in [-0.4, -0.2) is 0 Å². The van der Waals surface area contributed by atoms with Crippen molar-refractivity contribution in [2.75, 3.05) is 0 Å². The van der Waals surface area contributed by atoms with Crippen LogP contribution >= 0.6 is 24.4 Å². The first kappa shape index (κ1) is 17.9. The van der Waals surface area contributed by atoms with Gasteiger partial charge < -0.3 is 0 Å². The number of hydrogen-bond acceptors (Lipinski definition) is 2. The normalized spacial score (nSPS) is 11.2. The van der Waals surface area contributed by atoms with Gasteiger partial charge in [0.25, 0.3) is 0 Å². The van der Waals surface area contributed by atoms with Gasteiger partial charge in [-0.25, -0.2) is 39.5 Å². The maximum absolute atomic E-state index is 13.6. The zero-order valence-electron chi connectivity index (χ0n) is 10.3. The molecule has 0 amide bonds. The molecule has 124 valence electrons. The Kier molecular flexibility index (Phi) is 4.81. The Labute approximate surface area is 131 Å². The van der Waals surface area contributed by atoms with Crippen LogP contribution in [0.15, 0.2) is 14.7 Å². The van der Waals surface area contributed by atoms with Crippen LogP contribution in [0.1, 0.15) is 0 Å². The van der Waals surface area contributed by atoms with Gasteiger partial charge in [-0.05, 0) is 0 Å². The fraction of sp³-hybridized carbons (Fsp3) is 0. The predicted octanol–water partition coefficient (Wildman–Crippen LogP) is 5.38. The molecular formula is C12HF9S2. The first-order chi connectivity index (χ1) is 10.6. The number of rotatable bonds is 2. The van der Waals surface area contributed by atoms with Crippen molar-refractivity contribution in [3.05, 3.63) is 52.4 Å². The maximum Gasteiger partial charge on any atom is 0.200 e. The number of halogens is 9. The molecule has 0 aliphatic carbocycles. The summed E-state index contributed by atoms with van der Waals surface area (Å²) in [5.41, 5.74) is 0. The molecule has 0 N–H and O–H groups in total. The minimum atomic E-state index is -2.49. The summed E-state index contributed by atoms with van der Waals surface area (Å²) >= 11 is 2.46. The Morgan fingerprint density at radius 3 is 1.04 bits per heavy atom. The monoisotopic (exact) mass is 380 g/mol. The second-order valence-corrected chi connectivity index (χ2v) is 5.40. The van der Waals surface area contributed by atoms with Gasteiger partial charge in [0.1, 0.15) is 0 Å². The molecular weight excluding hydrogens is 379 g/mol. The van der Waals surface area contributed by atoms with Gasteiger partial charge in [0.2, 0.25) is 5.82 Å². The highest BCUT2D eigenvalue weighted by Gasteiger charge is 2.30. The van der Waals surface area contributed by atoms with Crippen LogP contribution in [0, 0.1) is 52.4 Å². The van der Waals surface area contributed by atoms with Gasteiger partial charge in [0.05, 0.1) is 14.7 Å². The Morgan fingerprint density at radius 1 is 0.435 bits per heavy atom. The fourth-order valence-electron chi connectivity index (χ4n) is 1.47. The van der Waals surface area contributed by atoms with Gasteiger partial charge in [-0.2, -0.15) is 0 Å². The van der Waals surface area contributed by atoms with E-state index in [2.05, 4.69) is 12.6 Å². The van der Waals surface area contributed by atoms with E-state index in [-0.39, 0.29) is 0 Å². The van der Waals surface area contributed by atoms with Crippen molar-refractivity contribution in [2.24, 2.45) is 0 Å². The van der Waals surface area contributed by atoms with Crippen molar-refractivity contribution < 1.29 is 39.5 Å². The Hall–Kier alpha value is -1.49. The molecule has 11 heteroatoms. The molecule has 2 aromatic rings. The Bertz CT molecular complexity index is 694. The standard InChI is InChI=1S/C12HF9S2/c13-1-2(14)6(18)11(7(19)3(1)15)23-12-8(20)4(16)10(22)5(17)9(12)21/h22H. The highest BCUT2D eigenvalue weighted by atomic mass is 32.2. The van der Waals surface area contributed by atoms with E-state index in [0.717, 1.165) is 0 Å². The quantitative estimate of drug-likeness (QED) is 0.316. The summed E-state index contributed by atoms with van der Waals surface area (Å²) in [4.78, 5) is -4.69. The average Bonchev–Trinajstić information content (AvgIpc) is 2.54. The number of benzene rings is 2. The summed E-state index contributed by atoms with van der Waals surface area (Å²) in [5.74, 6) is -20.2. The van der Waals surface area contributed by atoms with E-state index < -0.39 is 78.8 Å². The lowest BCUT2D eigenvalue weighted by Crippen LogP contribution is -2.05. The van der Waals surface area contributed by atoms with Crippen LogP contribution in [-0.2, 0) is 0 Å². The van der Waals surface area contributed by atoms with E-state index in [4.69, 9.17) is 0 Å². The van der Waals surface area contributed by atoms with Gasteiger partial charge >= 0.3 is 0 Å². The zero-order valence-corrected chi connectivity index (χ0v) is 12.0. The maximum atomic E-state index is 13.6. The summed E-state index contributed by atoms with van der Waals surface area (Å²) in [5, 5.41) is 0. The van der Waals surface area contributed by atoms with E-state index in [1.54, 1.807) is 0 Å². The second-order valence-electron chi connectivity index (χ2n) is 3.93. The van der Waals surface area contributed by atoms with E-state index in [1.807, 2.05) is 0 Å². The molecule has 0 atom stereocenters. The van der Waals surface area contributed by atoms with Gasteiger partial charge in [-0.3, -0.25) is 0 Å². The molecule has 0 aliphatic heterocycles. The molecule has 0 saturated heterocycles. The Morgan fingerprint density at radius 2 is 0.696 bits per heavy atom. The molecule has 2 aromatic carbocycles. The minimum Gasteiger partial charge on any atom is -0.202 e. The number of thiol groups is 1. The third kappa shape index (κ3) is 2.75. The van der Waals surface area contributed by atoms with Crippen LogP contribution < -0.4 is 0 Å². The van der Waals surface area contributed by atoms with E-state index in [0.29, 0.717) is 0 Å². The predicted molar refractivity (Wildman–Crippen MR) is 63.9 cm³/mol. The molecule has 0 aromatic heterocycles. The van der Waals surface area contributed by atoms with Crippen LogP contribution in [0.3, 0.4) is 0 Å². The highest BCUT2D eigenvalue weighted by Crippen LogP contribution is 2.40. The molecule has 0 unspecified atom stereocenters. The first-order valence-electron chi connectivity index (χ1n) is 5.33. The van der Waals surface area contributed by atoms with Crippen molar-refractivity contribution >= 4 is 24.4 Å². The molecule has 0 heterocycles. The smallest absolute Gasteiger partial charge is 0.200 e. The minimum absolute atomic E-state index is 0.692. The van der Waals surface area contributed by atoms with E-state index in [9.17, 15) is 39.5 Å². The first-order valence-corrected chi connectivity index (χ1v) is 6.60. The SMILES string of the molecule is Fc1c(F)c(F)c(Sc2c(F)c(F)c(S)c(F)c2F)c(F)c1F. The van der Waals surface area contributed by atoms with Gasteiger partial charge in [0, 0.05) is 0 Å². The van der Waals surface area contributed by atoms with Crippen molar-refractivity contribution in [1.29, 1.82) is 0 Å². The summed E-state index contributed by atoms with van der Waals surface area (Å²) in [6.45, 7) is 0. The van der Waals surface area contributed by atoms with Gasteiger partial charge in [0.15, 0.2) is 46.5 Å². The lowest BCUT2D eigenvalue weighted by Gasteiger charge is -2.11. The van der Waals surface area contributed by atoms with Crippen LogP contribution in [0.2, 0.25) is 0 Å². The van der Waals surface area contributed by atoms with Gasteiger partial charge in [-0.1, -0.05) is 11.8 Å². The van der Waals surface area contributed by atoms with E-state index in [1.165, 1.54) is 0 Å². The lowest BCUT2D eigenvalue weighted by molar-refractivity contribution is 0.360. The topological polar surface area (TPSA) is 0 Å². The van der Waals surface area contributed by atoms with Crippen LogP contribution in [0.25, 0.3) is 0 Å². The molecule has 23 heavy (non-hydrogen) atoms. The lowest BCUT2D eigenvalue weighted by atomic mass is 10.3. The molecule has 0 saturated carbocycles. The zero-order chi connectivity index (χ0) is 17.6. The third-order valence-electron chi connectivity index (χ3n) is 2.57. The van der Waals surface area contributed by atoms with E-state index >= 15 is 0 Å². The van der Waals surface area contributed by atoms with Gasteiger partial charge in [-0.15, -0.1) is 12.6 Å². The summed E-state index contributed by atoms with van der Waals surface area (Å²) < 4.78 is 119. The summed E-state index contributed by atoms with van der Waals surface area (Å²) in [7, 11) is 0. The number of hydrogen-bond donors (Lipinski definition) is 1. The molecule has 0 radical (unpaired) electrons. The average molecular weight is 380 g/mol. The molecule has 2 rings (SSSR count). The van der Waals surface area contributed by atoms with Crippen molar-refractivity contribution in [3.8, 4) is 0 Å². The van der Waals surface area contributed by atoms with Crippen molar-refractivity contribution in [1.82, 2.24) is 0 Å². The molecule has 0 bridgehead atoms. The Balaban J connectivity index is 2.71. The fourth-order valence-corrected chi connectivity index (χ4v) is 2.58. The second kappa shape index (κ2) is 6.19. The van der Waals surface area contributed by atoms with Crippen LogP contribution in [0.4, 0.5) is 39.5 Å². The summed E-state index contributed by atoms with van der Waals surface area (Å²) in [6, 6.07) is 0. The van der Waals surface area contributed by atoms with Crippen molar-refractivity contribution in [3.63, 3.8) is 0 Å². The largest absolute Gasteiger partial charge is 0.202 e. The van der Waals surface area contributed by atoms with Crippen LogP contribution in [0.5, 0.6) is 0 Å². The molecule has 0 aliphatic rings. The van der Waals surface area contributed by atoms with Crippen molar-refractivity contribution in [2.45, 2.75) is 14.7 Å². The third-order valence-corrected chi connectivity index (χ3v) is 4.09. The molecule has 0 nitrogen and oxygen atoms in total. The molecule has 0 spiro atoms. The summed E-state index contributed by atoms with van der Waals surface area (Å²) in [6.07, 6.45) is 0.